The average Bonchev–Trinajstić information content (AvgIpc) is 2.70. The minimum atomic E-state index is -0.220. The molecule has 0 atom stereocenters. The number of nitrogens with zero attached hydrogens (tertiary/aromatic N) is 3. The summed E-state index contributed by atoms with van der Waals surface area (Å²) in [7, 11) is 0. The lowest BCUT2D eigenvalue weighted by Crippen LogP contribution is -2.00. The van der Waals surface area contributed by atoms with Crippen molar-refractivity contribution in [2.24, 2.45) is 0 Å². The van der Waals surface area contributed by atoms with Gasteiger partial charge in [-0.05, 0) is 17.7 Å². The van der Waals surface area contributed by atoms with Crippen LogP contribution in [0.2, 0.25) is 0 Å². The lowest BCUT2D eigenvalue weighted by atomic mass is 10.2. The summed E-state index contributed by atoms with van der Waals surface area (Å²) in [4.78, 5) is 0. The van der Waals surface area contributed by atoms with Gasteiger partial charge in [0.05, 0.1) is 12.2 Å². The Morgan fingerprint density at radius 3 is 2.69 bits per heavy atom. The first kappa shape index (κ1) is 11.3. The fourth-order valence-electron chi connectivity index (χ4n) is 1.40. The molecule has 0 aliphatic carbocycles. The molecule has 0 radical (unpaired) electrons. The molecule has 0 unspecified atom stereocenters. The Morgan fingerprint density at radius 2 is 2.00 bits per heavy atom. The lowest BCUT2D eigenvalue weighted by Gasteiger charge is -1.99. The van der Waals surface area contributed by atoms with Gasteiger partial charge >= 0.3 is 0 Å². The zero-order valence-electron chi connectivity index (χ0n) is 8.61. The number of alkyl halides is 1. The van der Waals surface area contributed by atoms with E-state index >= 15 is 0 Å². The van der Waals surface area contributed by atoms with Crippen molar-refractivity contribution in [2.75, 3.05) is 5.33 Å². The third-order valence-electron chi connectivity index (χ3n) is 2.19. The Morgan fingerprint density at radius 1 is 1.25 bits per heavy atom. The number of aromatic nitrogens is 3. The van der Waals surface area contributed by atoms with Gasteiger partial charge in [-0.2, -0.15) is 0 Å². The molecular formula is C11H11BrFN3. The van der Waals surface area contributed by atoms with Gasteiger partial charge < -0.3 is 0 Å². The monoisotopic (exact) mass is 283 g/mol. The molecule has 2 rings (SSSR count). The summed E-state index contributed by atoms with van der Waals surface area (Å²) >= 11 is 3.35. The molecule has 0 amide bonds. The van der Waals surface area contributed by atoms with Crippen molar-refractivity contribution in [1.29, 1.82) is 0 Å². The van der Waals surface area contributed by atoms with Gasteiger partial charge in [0.1, 0.15) is 5.82 Å². The molecule has 0 aliphatic heterocycles. The minimum absolute atomic E-state index is 0.220. The molecule has 1 aromatic carbocycles. The van der Waals surface area contributed by atoms with E-state index in [-0.39, 0.29) is 5.82 Å². The maximum Gasteiger partial charge on any atom is 0.123 e. The van der Waals surface area contributed by atoms with Crippen LogP contribution >= 0.6 is 15.9 Å². The first-order chi connectivity index (χ1) is 7.78. The van der Waals surface area contributed by atoms with Crippen LogP contribution in [0.1, 0.15) is 11.3 Å². The van der Waals surface area contributed by atoms with Crippen molar-refractivity contribution in [3.05, 3.63) is 47.5 Å². The van der Waals surface area contributed by atoms with Gasteiger partial charge in [0, 0.05) is 17.9 Å². The van der Waals surface area contributed by atoms with Crippen LogP contribution in [-0.4, -0.2) is 20.3 Å². The van der Waals surface area contributed by atoms with Gasteiger partial charge in [0.2, 0.25) is 0 Å². The van der Waals surface area contributed by atoms with Gasteiger partial charge in [0.25, 0.3) is 0 Å². The van der Waals surface area contributed by atoms with E-state index in [2.05, 4.69) is 26.2 Å². The summed E-state index contributed by atoms with van der Waals surface area (Å²) in [6.45, 7) is 0.621. The molecule has 0 saturated carbocycles. The molecule has 0 aliphatic rings. The van der Waals surface area contributed by atoms with Crippen LogP contribution < -0.4 is 0 Å². The maximum atomic E-state index is 12.7. The van der Waals surface area contributed by atoms with E-state index in [1.54, 1.807) is 16.8 Å². The molecule has 5 heteroatoms. The summed E-state index contributed by atoms with van der Waals surface area (Å²) in [5.74, 6) is -0.220. The zero-order valence-corrected chi connectivity index (χ0v) is 10.2. The number of rotatable bonds is 4. The molecule has 1 aromatic heterocycles. The van der Waals surface area contributed by atoms with Crippen molar-refractivity contribution in [3.8, 4) is 0 Å². The smallest absolute Gasteiger partial charge is 0.123 e. The second-order valence-corrected chi connectivity index (χ2v) is 4.27. The second kappa shape index (κ2) is 5.21. The number of halogens is 2. The van der Waals surface area contributed by atoms with E-state index in [0.717, 1.165) is 23.0 Å². The first-order valence-electron chi connectivity index (χ1n) is 4.97. The predicted octanol–water partition coefficient (Wildman–Crippen LogP) is 2.40. The van der Waals surface area contributed by atoms with Crippen molar-refractivity contribution in [3.63, 3.8) is 0 Å². The first-order valence-corrected chi connectivity index (χ1v) is 6.09. The van der Waals surface area contributed by atoms with Crippen molar-refractivity contribution in [2.45, 2.75) is 13.0 Å². The van der Waals surface area contributed by atoms with E-state index in [1.807, 2.05) is 6.20 Å². The summed E-state index contributed by atoms with van der Waals surface area (Å²) in [5, 5.41) is 8.91. The molecular weight excluding hydrogens is 273 g/mol. The Kier molecular flexibility index (Phi) is 3.66. The van der Waals surface area contributed by atoms with Gasteiger partial charge in [0.15, 0.2) is 0 Å². The number of benzene rings is 1. The Balaban J connectivity index is 2.05. The Hall–Kier alpha value is -1.23. The average molecular weight is 284 g/mol. The van der Waals surface area contributed by atoms with E-state index in [1.165, 1.54) is 12.1 Å². The quantitative estimate of drug-likeness (QED) is 0.807. The van der Waals surface area contributed by atoms with Gasteiger partial charge in [-0.25, -0.2) is 9.07 Å². The fraction of sp³-hybridized carbons (Fsp3) is 0.273. The fourth-order valence-corrected chi connectivity index (χ4v) is 1.81. The standard InChI is InChI=1S/C11H11BrFN3/c12-6-5-11-8-16(15-14-11)7-9-1-3-10(13)4-2-9/h1-4,8H,5-7H2. The van der Waals surface area contributed by atoms with E-state index in [9.17, 15) is 4.39 Å². The molecule has 0 spiro atoms. The van der Waals surface area contributed by atoms with E-state index in [4.69, 9.17) is 0 Å². The topological polar surface area (TPSA) is 30.7 Å². The third-order valence-corrected chi connectivity index (χ3v) is 2.59. The number of aryl methyl sites for hydroxylation is 1. The van der Waals surface area contributed by atoms with Crippen LogP contribution in [0.15, 0.2) is 30.5 Å². The summed E-state index contributed by atoms with van der Waals surface area (Å²) in [6.07, 6.45) is 2.77. The van der Waals surface area contributed by atoms with Gasteiger partial charge in [-0.3, -0.25) is 0 Å². The normalized spacial score (nSPS) is 10.6. The molecule has 16 heavy (non-hydrogen) atoms. The Labute approximate surface area is 101 Å². The zero-order chi connectivity index (χ0) is 11.4. The third kappa shape index (κ3) is 2.88. The summed E-state index contributed by atoms with van der Waals surface area (Å²) in [6, 6.07) is 6.40. The molecule has 0 N–H and O–H groups in total. The highest BCUT2D eigenvalue weighted by Gasteiger charge is 2.01. The second-order valence-electron chi connectivity index (χ2n) is 3.47. The van der Waals surface area contributed by atoms with Crippen LogP contribution in [0.3, 0.4) is 0 Å². The number of hydrogen-bond acceptors (Lipinski definition) is 2. The molecule has 84 valence electrons. The van der Waals surface area contributed by atoms with Crippen molar-refractivity contribution in [1.82, 2.24) is 15.0 Å². The minimum Gasteiger partial charge on any atom is -0.248 e. The van der Waals surface area contributed by atoms with Crippen LogP contribution in [0, 0.1) is 5.82 Å². The van der Waals surface area contributed by atoms with Gasteiger partial charge in [-0.15, -0.1) is 5.10 Å². The van der Waals surface area contributed by atoms with Crippen molar-refractivity contribution < 1.29 is 4.39 Å². The Bertz CT molecular complexity index is 453. The van der Waals surface area contributed by atoms with Gasteiger partial charge in [-0.1, -0.05) is 33.3 Å². The van der Waals surface area contributed by atoms with Crippen LogP contribution in [-0.2, 0) is 13.0 Å². The van der Waals surface area contributed by atoms with E-state index < -0.39 is 0 Å². The van der Waals surface area contributed by atoms with Crippen LogP contribution in [0.25, 0.3) is 0 Å². The molecule has 0 bridgehead atoms. The highest BCUT2D eigenvalue weighted by atomic mass is 79.9. The largest absolute Gasteiger partial charge is 0.248 e. The summed E-state index contributed by atoms with van der Waals surface area (Å²) < 4.78 is 14.4. The predicted molar refractivity (Wildman–Crippen MR) is 63.0 cm³/mol. The maximum absolute atomic E-state index is 12.7. The SMILES string of the molecule is Fc1ccc(Cn2cc(CCBr)nn2)cc1. The molecule has 3 nitrogen and oxygen atoms in total. The van der Waals surface area contributed by atoms with Crippen LogP contribution in [0.4, 0.5) is 4.39 Å². The molecule has 2 aromatic rings. The molecule has 0 fully saturated rings. The van der Waals surface area contributed by atoms with Crippen LogP contribution in [0.5, 0.6) is 0 Å². The number of hydrogen-bond donors (Lipinski definition) is 0. The van der Waals surface area contributed by atoms with E-state index in [0.29, 0.717) is 6.54 Å². The summed E-state index contributed by atoms with van der Waals surface area (Å²) in [5.41, 5.74) is 1.97. The lowest BCUT2D eigenvalue weighted by molar-refractivity contribution is 0.621. The van der Waals surface area contributed by atoms with Crippen molar-refractivity contribution >= 4 is 15.9 Å². The molecule has 0 saturated heterocycles. The highest BCUT2D eigenvalue weighted by Crippen LogP contribution is 2.05. The molecule has 1 heterocycles. The highest BCUT2D eigenvalue weighted by molar-refractivity contribution is 9.09.